The van der Waals surface area contributed by atoms with Gasteiger partial charge in [-0.3, -0.25) is 4.79 Å². The fourth-order valence-electron chi connectivity index (χ4n) is 1.56. The molecule has 0 aromatic carbocycles. The molecule has 0 bridgehead atoms. The summed E-state index contributed by atoms with van der Waals surface area (Å²) in [6.45, 7) is 4.00. The van der Waals surface area contributed by atoms with Crippen molar-refractivity contribution >= 4 is 33.7 Å². The summed E-state index contributed by atoms with van der Waals surface area (Å²) in [6.07, 6.45) is 0.695. The zero-order valence-corrected chi connectivity index (χ0v) is 8.81. The first-order chi connectivity index (χ1) is 6.72. The number of thiophene rings is 1. The predicted octanol–water partition coefficient (Wildman–Crippen LogP) is 2.48. The van der Waals surface area contributed by atoms with E-state index < -0.39 is 0 Å². The van der Waals surface area contributed by atoms with Crippen LogP contribution in [-0.4, -0.2) is 11.4 Å². The molecule has 0 radical (unpaired) electrons. The van der Waals surface area contributed by atoms with Gasteiger partial charge < -0.3 is 5.32 Å². The van der Waals surface area contributed by atoms with E-state index in [1.165, 1.54) is 0 Å². The molecule has 0 saturated carbocycles. The number of amides is 1. The molecule has 2 aromatic heterocycles. The molecule has 0 saturated heterocycles. The number of rotatable bonds is 2. The van der Waals surface area contributed by atoms with Gasteiger partial charge in [0.05, 0.1) is 5.69 Å². The first-order valence-corrected chi connectivity index (χ1v) is 5.16. The summed E-state index contributed by atoms with van der Waals surface area (Å²) in [5, 5.41) is 5.64. The maximum absolute atomic E-state index is 10.4. The minimum Gasteiger partial charge on any atom is -0.327 e. The van der Waals surface area contributed by atoms with Crippen LogP contribution in [0.5, 0.6) is 0 Å². The monoisotopic (exact) mass is 206 g/mol. The highest BCUT2D eigenvalue weighted by molar-refractivity contribution is 7.17. The SMILES string of the molecule is Cc1cc(C)c2c(NC=O)csc2n1. The minimum absolute atomic E-state index is 0.695. The van der Waals surface area contributed by atoms with Crippen molar-refractivity contribution in [1.82, 2.24) is 4.98 Å². The molecule has 1 amide bonds. The van der Waals surface area contributed by atoms with Crippen LogP contribution >= 0.6 is 11.3 Å². The number of nitrogens with one attached hydrogen (secondary N) is 1. The normalized spacial score (nSPS) is 10.4. The number of hydrogen-bond acceptors (Lipinski definition) is 3. The molecule has 1 N–H and O–H groups in total. The van der Waals surface area contributed by atoms with E-state index in [1.807, 2.05) is 25.3 Å². The van der Waals surface area contributed by atoms with Crippen LogP contribution in [0, 0.1) is 13.8 Å². The predicted molar refractivity (Wildman–Crippen MR) is 58.8 cm³/mol. The Morgan fingerprint density at radius 2 is 2.29 bits per heavy atom. The van der Waals surface area contributed by atoms with Crippen molar-refractivity contribution in [2.24, 2.45) is 0 Å². The van der Waals surface area contributed by atoms with E-state index in [0.717, 1.165) is 27.2 Å². The standard InChI is InChI=1S/C10H10N2OS/c1-6-3-7(2)12-10-9(6)8(4-14-10)11-5-13/h3-5H,1-2H3,(H,11,13). The third-order valence-electron chi connectivity index (χ3n) is 2.08. The van der Waals surface area contributed by atoms with E-state index in [1.54, 1.807) is 11.3 Å². The van der Waals surface area contributed by atoms with E-state index >= 15 is 0 Å². The Morgan fingerprint density at radius 3 is 3.00 bits per heavy atom. The maximum Gasteiger partial charge on any atom is 0.211 e. The summed E-state index contributed by atoms with van der Waals surface area (Å²) in [7, 11) is 0. The van der Waals surface area contributed by atoms with Crippen LogP contribution in [0.2, 0.25) is 0 Å². The smallest absolute Gasteiger partial charge is 0.211 e. The van der Waals surface area contributed by atoms with Crippen molar-refractivity contribution in [2.75, 3.05) is 5.32 Å². The van der Waals surface area contributed by atoms with Crippen LogP contribution in [0.25, 0.3) is 10.2 Å². The van der Waals surface area contributed by atoms with Gasteiger partial charge in [-0.25, -0.2) is 4.98 Å². The lowest BCUT2D eigenvalue weighted by Gasteiger charge is -2.01. The van der Waals surface area contributed by atoms with Gasteiger partial charge in [-0.05, 0) is 25.5 Å². The lowest BCUT2D eigenvalue weighted by atomic mass is 10.1. The summed E-state index contributed by atoms with van der Waals surface area (Å²) in [5.41, 5.74) is 3.01. The molecule has 0 atom stereocenters. The van der Waals surface area contributed by atoms with Gasteiger partial charge in [-0.2, -0.15) is 0 Å². The number of anilines is 1. The number of aromatic nitrogens is 1. The quantitative estimate of drug-likeness (QED) is 0.767. The zero-order chi connectivity index (χ0) is 10.1. The van der Waals surface area contributed by atoms with Gasteiger partial charge in [-0.15, -0.1) is 11.3 Å². The van der Waals surface area contributed by atoms with Gasteiger partial charge in [0.1, 0.15) is 4.83 Å². The molecular weight excluding hydrogens is 196 g/mol. The van der Waals surface area contributed by atoms with E-state index in [-0.39, 0.29) is 0 Å². The Labute approximate surface area is 85.8 Å². The third-order valence-corrected chi connectivity index (χ3v) is 2.96. The second-order valence-corrected chi connectivity index (χ2v) is 4.03. The molecule has 0 fully saturated rings. The largest absolute Gasteiger partial charge is 0.327 e. The van der Waals surface area contributed by atoms with Crippen molar-refractivity contribution < 1.29 is 4.79 Å². The zero-order valence-electron chi connectivity index (χ0n) is 8.00. The fraction of sp³-hybridized carbons (Fsp3) is 0.200. The second kappa shape index (κ2) is 3.38. The summed E-state index contributed by atoms with van der Waals surface area (Å²) in [6, 6.07) is 2.02. The number of nitrogens with zero attached hydrogens (tertiary/aromatic N) is 1. The number of aryl methyl sites for hydroxylation is 2. The Bertz CT molecular complexity index is 490. The van der Waals surface area contributed by atoms with Crippen molar-refractivity contribution in [3.05, 3.63) is 22.7 Å². The molecule has 2 heterocycles. The molecule has 0 unspecified atom stereocenters. The number of carbonyl (C=O) groups excluding carboxylic acids is 1. The van der Waals surface area contributed by atoms with Crippen LogP contribution in [0.3, 0.4) is 0 Å². The first-order valence-electron chi connectivity index (χ1n) is 4.28. The highest BCUT2D eigenvalue weighted by Gasteiger charge is 2.07. The maximum atomic E-state index is 10.4. The minimum atomic E-state index is 0.695. The second-order valence-electron chi connectivity index (χ2n) is 3.17. The van der Waals surface area contributed by atoms with Crippen LogP contribution in [0.1, 0.15) is 11.3 Å². The molecule has 0 aliphatic heterocycles. The molecule has 4 heteroatoms. The van der Waals surface area contributed by atoms with E-state index in [4.69, 9.17) is 0 Å². The number of carbonyl (C=O) groups is 1. The van der Waals surface area contributed by atoms with Gasteiger partial charge in [0.15, 0.2) is 0 Å². The number of fused-ring (bicyclic) bond motifs is 1. The lowest BCUT2D eigenvalue weighted by Crippen LogP contribution is -1.93. The topological polar surface area (TPSA) is 42.0 Å². The lowest BCUT2D eigenvalue weighted by molar-refractivity contribution is -0.105. The highest BCUT2D eigenvalue weighted by Crippen LogP contribution is 2.31. The molecule has 0 spiro atoms. The van der Waals surface area contributed by atoms with Crippen LogP contribution in [0.15, 0.2) is 11.4 Å². The summed E-state index contributed by atoms with van der Waals surface area (Å²) < 4.78 is 0. The Hall–Kier alpha value is -1.42. The molecule has 2 rings (SSSR count). The van der Waals surface area contributed by atoms with Gasteiger partial charge in [0.25, 0.3) is 0 Å². The number of hydrogen-bond donors (Lipinski definition) is 1. The molecule has 3 nitrogen and oxygen atoms in total. The van der Waals surface area contributed by atoms with Gasteiger partial charge in [0, 0.05) is 16.5 Å². The van der Waals surface area contributed by atoms with Crippen LogP contribution in [-0.2, 0) is 4.79 Å². The highest BCUT2D eigenvalue weighted by atomic mass is 32.1. The third kappa shape index (κ3) is 1.37. The van der Waals surface area contributed by atoms with Crippen molar-refractivity contribution in [2.45, 2.75) is 13.8 Å². The summed E-state index contributed by atoms with van der Waals surface area (Å²) >= 11 is 1.55. The van der Waals surface area contributed by atoms with Crippen molar-refractivity contribution in [1.29, 1.82) is 0 Å². The molecule has 2 aromatic rings. The van der Waals surface area contributed by atoms with E-state index in [9.17, 15) is 4.79 Å². The van der Waals surface area contributed by atoms with E-state index in [2.05, 4.69) is 10.3 Å². The van der Waals surface area contributed by atoms with Gasteiger partial charge in [-0.1, -0.05) is 0 Å². The van der Waals surface area contributed by atoms with Crippen molar-refractivity contribution in [3.63, 3.8) is 0 Å². The number of pyridine rings is 1. The Kier molecular flexibility index (Phi) is 2.21. The first kappa shape index (κ1) is 9.15. The summed E-state index contributed by atoms with van der Waals surface area (Å²) in [5.74, 6) is 0. The van der Waals surface area contributed by atoms with E-state index in [0.29, 0.717) is 6.41 Å². The molecule has 14 heavy (non-hydrogen) atoms. The van der Waals surface area contributed by atoms with Gasteiger partial charge >= 0.3 is 0 Å². The summed E-state index contributed by atoms with van der Waals surface area (Å²) in [4.78, 5) is 15.7. The Morgan fingerprint density at radius 1 is 1.50 bits per heavy atom. The molecular formula is C10H10N2OS. The average molecular weight is 206 g/mol. The van der Waals surface area contributed by atoms with Crippen molar-refractivity contribution in [3.8, 4) is 0 Å². The molecule has 0 aliphatic rings. The molecule has 0 aliphatic carbocycles. The fourth-order valence-corrected chi connectivity index (χ4v) is 2.56. The average Bonchev–Trinajstić information content (AvgIpc) is 2.49. The van der Waals surface area contributed by atoms with Gasteiger partial charge in [0.2, 0.25) is 6.41 Å². The van der Waals surface area contributed by atoms with Crippen LogP contribution in [0.4, 0.5) is 5.69 Å². The molecule has 72 valence electrons. The Balaban J connectivity index is 2.72. The van der Waals surface area contributed by atoms with Crippen LogP contribution < -0.4 is 5.32 Å².